The third-order valence-corrected chi connectivity index (χ3v) is 4.82. The van der Waals surface area contributed by atoms with Gasteiger partial charge in [-0.1, -0.05) is 0 Å². The Bertz CT molecular complexity index is 1150. The van der Waals surface area contributed by atoms with E-state index in [-0.39, 0.29) is 0 Å². The van der Waals surface area contributed by atoms with Crippen molar-refractivity contribution in [3.8, 4) is 11.6 Å². The molecule has 0 aliphatic rings. The van der Waals surface area contributed by atoms with E-state index in [0.717, 1.165) is 23.3 Å². The van der Waals surface area contributed by atoms with Gasteiger partial charge in [-0.15, -0.1) is 0 Å². The summed E-state index contributed by atoms with van der Waals surface area (Å²) in [6, 6.07) is 11.5. The Balaban J connectivity index is 1.69. The number of anilines is 4. The summed E-state index contributed by atoms with van der Waals surface area (Å²) in [6.07, 6.45) is 5.41. The fraction of sp³-hybridized carbons (Fsp3) is 0.190. The van der Waals surface area contributed by atoms with Crippen LogP contribution in [0.3, 0.4) is 0 Å². The highest BCUT2D eigenvalue weighted by atomic mass is 16.5. The Morgan fingerprint density at radius 2 is 2.03 bits per heavy atom. The minimum Gasteiger partial charge on any atom is -0.494 e. The molecule has 4 rings (SSSR count). The summed E-state index contributed by atoms with van der Waals surface area (Å²) in [4.78, 5) is 15.5. The lowest BCUT2D eigenvalue weighted by molar-refractivity contribution is 0.417. The maximum absolute atomic E-state index is 6.25. The molecule has 3 aromatic heterocycles. The van der Waals surface area contributed by atoms with Crippen molar-refractivity contribution in [1.29, 1.82) is 0 Å². The smallest absolute Gasteiger partial charge is 0.229 e. The van der Waals surface area contributed by atoms with Crippen molar-refractivity contribution >= 4 is 34.0 Å². The molecule has 3 heterocycles. The molecular formula is C21H23N7O. The molecule has 0 aliphatic carbocycles. The van der Waals surface area contributed by atoms with Crippen molar-refractivity contribution in [2.75, 3.05) is 36.7 Å². The monoisotopic (exact) mass is 389 g/mol. The van der Waals surface area contributed by atoms with Gasteiger partial charge in [0.25, 0.3) is 0 Å². The van der Waals surface area contributed by atoms with Gasteiger partial charge in [-0.25, -0.2) is 9.97 Å². The highest BCUT2D eigenvalue weighted by molar-refractivity contribution is 5.79. The van der Waals surface area contributed by atoms with Crippen molar-refractivity contribution in [2.45, 2.75) is 6.92 Å². The predicted octanol–water partition coefficient (Wildman–Crippen LogP) is 3.61. The third kappa shape index (κ3) is 3.52. The molecule has 0 saturated heterocycles. The molecule has 148 valence electrons. The third-order valence-electron chi connectivity index (χ3n) is 4.82. The fourth-order valence-electron chi connectivity index (χ4n) is 3.17. The van der Waals surface area contributed by atoms with E-state index in [0.29, 0.717) is 28.9 Å². The normalized spacial score (nSPS) is 10.9. The molecule has 0 bridgehead atoms. The lowest BCUT2D eigenvalue weighted by atomic mass is 10.2. The number of methoxy groups -OCH3 is 1. The number of ether oxygens (including phenoxy) is 1. The quantitative estimate of drug-likeness (QED) is 0.487. The Morgan fingerprint density at radius 3 is 2.83 bits per heavy atom. The lowest BCUT2D eigenvalue weighted by Crippen LogP contribution is -2.17. The van der Waals surface area contributed by atoms with Crippen molar-refractivity contribution in [3.63, 3.8) is 0 Å². The lowest BCUT2D eigenvalue weighted by Gasteiger charge is -2.21. The number of rotatable bonds is 6. The highest BCUT2D eigenvalue weighted by Gasteiger charge is 2.13. The van der Waals surface area contributed by atoms with Crippen LogP contribution in [0.25, 0.3) is 16.9 Å². The average molecular weight is 389 g/mol. The Hall–Kier alpha value is -3.81. The number of aromatic nitrogens is 4. The standard InChI is InChI=1S/C21H23N7O/c1-4-27(2)17-13-18(29-3)16(12-15(17)22)25-21-24-10-7-19(26-21)28-11-8-14-6-5-9-23-20(14)28/h5-13H,4,22H2,1-3H3,(H,24,25,26). The maximum Gasteiger partial charge on any atom is 0.229 e. The fourth-order valence-corrected chi connectivity index (χ4v) is 3.17. The first-order valence-electron chi connectivity index (χ1n) is 9.32. The van der Waals surface area contributed by atoms with Gasteiger partial charge in [0.05, 0.1) is 24.2 Å². The zero-order chi connectivity index (χ0) is 20.4. The molecule has 0 radical (unpaired) electrons. The molecule has 0 atom stereocenters. The summed E-state index contributed by atoms with van der Waals surface area (Å²) in [5.74, 6) is 1.82. The van der Waals surface area contributed by atoms with Gasteiger partial charge in [-0.2, -0.15) is 4.98 Å². The van der Waals surface area contributed by atoms with E-state index in [1.54, 1.807) is 19.5 Å². The molecule has 8 nitrogen and oxygen atoms in total. The molecule has 8 heteroatoms. The first kappa shape index (κ1) is 18.5. The number of nitrogens with two attached hydrogens (primary N) is 1. The molecule has 0 fully saturated rings. The molecule has 0 aliphatic heterocycles. The average Bonchev–Trinajstić information content (AvgIpc) is 3.18. The van der Waals surface area contributed by atoms with Crippen LogP contribution < -0.4 is 20.7 Å². The van der Waals surface area contributed by atoms with Crippen LogP contribution in [0, 0.1) is 0 Å². The number of benzene rings is 1. The van der Waals surface area contributed by atoms with Crippen LogP contribution in [-0.4, -0.2) is 40.2 Å². The summed E-state index contributed by atoms with van der Waals surface area (Å²) in [5.41, 5.74) is 9.35. The predicted molar refractivity (Wildman–Crippen MR) is 116 cm³/mol. The van der Waals surface area contributed by atoms with Gasteiger partial charge in [0.1, 0.15) is 17.2 Å². The van der Waals surface area contributed by atoms with E-state index in [4.69, 9.17) is 10.5 Å². The largest absolute Gasteiger partial charge is 0.494 e. The number of nitrogens with zero attached hydrogens (tertiary/aromatic N) is 5. The van der Waals surface area contributed by atoms with E-state index in [9.17, 15) is 0 Å². The number of nitrogens with one attached hydrogen (secondary N) is 1. The topological polar surface area (TPSA) is 94.1 Å². The van der Waals surface area contributed by atoms with E-state index in [1.165, 1.54) is 0 Å². The van der Waals surface area contributed by atoms with Crippen LogP contribution in [0.15, 0.2) is 55.0 Å². The Morgan fingerprint density at radius 1 is 1.17 bits per heavy atom. The number of fused-ring (bicyclic) bond motifs is 1. The molecule has 1 aromatic carbocycles. The van der Waals surface area contributed by atoms with Gasteiger partial charge in [0, 0.05) is 43.6 Å². The van der Waals surface area contributed by atoms with Gasteiger partial charge in [0.15, 0.2) is 0 Å². The van der Waals surface area contributed by atoms with Gasteiger partial charge in [0.2, 0.25) is 5.95 Å². The van der Waals surface area contributed by atoms with Crippen LogP contribution in [0.1, 0.15) is 6.92 Å². The van der Waals surface area contributed by atoms with Crippen LogP contribution >= 0.6 is 0 Å². The van der Waals surface area contributed by atoms with Gasteiger partial charge in [-0.3, -0.25) is 4.57 Å². The zero-order valence-corrected chi connectivity index (χ0v) is 16.6. The second kappa shape index (κ2) is 7.67. The second-order valence-corrected chi connectivity index (χ2v) is 6.59. The second-order valence-electron chi connectivity index (χ2n) is 6.59. The maximum atomic E-state index is 6.25. The van der Waals surface area contributed by atoms with Crippen molar-refractivity contribution in [2.24, 2.45) is 0 Å². The summed E-state index contributed by atoms with van der Waals surface area (Å²) in [5, 5.41) is 4.27. The molecule has 0 unspecified atom stereocenters. The van der Waals surface area contributed by atoms with Crippen molar-refractivity contribution in [3.05, 3.63) is 55.0 Å². The molecule has 29 heavy (non-hydrogen) atoms. The number of nitrogen functional groups attached to an aromatic ring is 1. The van der Waals surface area contributed by atoms with E-state index < -0.39 is 0 Å². The van der Waals surface area contributed by atoms with Gasteiger partial charge in [-0.05, 0) is 37.3 Å². The highest BCUT2D eigenvalue weighted by Crippen LogP contribution is 2.36. The van der Waals surface area contributed by atoms with Crippen LogP contribution in [0.4, 0.5) is 23.0 Å². The van der Waals surface area contributed by atoms with E-state index >= 15 is 0 Å². The zero-order valence-electron chi connectivity index (χ0n) is 16.6. The minimum absolute atomic E-state index is 0.439. The first-order valence-corrected chi connectivity index (χ1v) is 9.32. The number of hydrogen-bond acceptors (Lipinski definition) is 7. The molecular weight excluding hydrogens is 366 g/mol. The van der Waals surface area contributed by atoms with Crippen LogP contribution in [0.5, 0.6) is 5.75 Å². The first-order chi connectivity index (χ1) is 14.1. The number of pyridine rings is 1. The minimum atomic E-state index is 0.439. The van der Waals surface area contributed by atoms with Gasteiger partial charge < -0.3 is 20.7 Å². The molecule has 0 amide bonds. The van der Waals surface area contributed by atoms with Gasteiger partial charge >= 0.3 is 0 Å². The van der Waals surface area contributed by atoms with Crippen LogP contribution in [0.2, 0.25) is 0 Å². The molecule has 0 saturated carbocycles. The Labute approximate surface area is 169 Å². The Kier molecular flexibility index (Phi) is 4.90. The summed E-state index contributed by atoms with van der Waals surface area (Å²) in [6.45, 7) is 2.90. The van der Waals surface area contributed by atoms with E-state index in [1.807, 2.05) is 54.2 Å². The van der Waals surface area contributed by atoms with E-state index in [2.05, 4.69) is 32.1 Å². The molecule has 4 aromatic rings. The SMILES string of the molecule is CCN(C)c1cc(OC)c(Nc2nccc(-n3ccc4cccnc43)n2)cc1N. The summed E-state index contributed by atoms with van der Waals surface area (Å²) < 4.78 is 7.48. The summed E-state index contributed by atoms with van der Waals surface area (Å²) in [7, 11) is 3.61. The van der Waals surface area contributed by atoms with Crippen LogP contribution in [-0.2, 0) is 0 Å². The number of hydrogen-bond donors (Lipinski definition) is 2. The summed E-state index contributed by atoms with van der Waals surface area (Å²) >= 11 is 0. The molecule has 0 spiro atoms. The molecule has 3 N–H and O–H groups in total. The van der Waals surface area contributed by atoms with Crippen molar-refractivity contribution in [1.82, 2.24) is 19.5 Å². The van der Waals surface area contributed by atoms with Crippen molar-refractivity contribution < 1.29 is 4.74 Å².